The van der Waals surface area contributed by atoms with Crippen molar-refractivity contribution in [1.82, 2.24) is 10.6 Å². The van der Waals surface area contributed by atoms with E-state index in [-0.39, 0.29) is 5.60 Å². The molecule has 1 aliphatic heterocycles. The van der Waals surface area contributed by atoms with E-state index in [1.807, 2.05) is 24.3 Å². The highest BCUT2D eigenvalue weighted by molar-refractivity contribution is 5.79. The van der Waals surface area contributed by atoms with Crippen molar-refractivity contribution in [2.75, 3.05) is 40.0 Å². The Morgan fingerprint density at radius 3 is 2.88 bits per heavy atom. The molecule has 1 unspecified atom stereocenters. The van der Waals surface area contributed by atoms with Gasteiger partial charge in [-0.3, -0.25) is 4.99 Å². The summed E-state index contributed by atoms with van der Waals surface area (Å²) in [4.78, 5) is 4.63. The molecule has 1 saturated heterocycles. The Labute approximate surface area is 144 Å². The highest BCUT2D eigenvalue weighted by atomic mass is 16.5. The Bertz CT molecular complexity index is 528. The van der Waals surface area contributed by atoms with Gasteiger partial charge in [-0.15, -0.1) is 0 Å². The quantitative estimate of drug-likeness (QED) is 0.433. The molecule has 0 radical (unpaired) electrons. The van der Waals surface area contributed by atoms with Crippen molar-refractivity contribution in [3.05, 3.63) is 24.3 Å². The molecule has 1 atom stereocenters. The molecule has 1 aromatic rings. The van der Waals surface area contributed by atoms with Gasteiger partial charge in [-0.25, -0.2) is 0 Å². The molecule has 0 aromatic heterocycles. The van der Waals surface area contributed by atoms with Crippen molar-refractivity contribution in [3.63, 3.8) is 0 Å². The van der Waals surface area contributed by atoms with E-state index >= 15 is 0 Å². The van der Waals surface area contributed by atoms with Crippen LogP contribution in [0.4, 0.5) is 0 Å². The van der Waals surface area contributed by atoms with E-state index in [9.17, 15) is 0 Å². The van der Waals surface area contributed by atoms with Gasteiger partial charge in [0.05, 0.1) is 25.8 Å². The van der Waals surface area contributed by atoms with E-state index in [1.165, 1.54) is 0 Å². The number of hydrogen-bond acceptors (Lipinski definition) is 4. The third-order valence-corrected chi connectivity index (χ3v) is 3.92. The van der Waals surface area contributed by atoms with Crippen LogP contribution in [0.15, 0.2) is 29.3 Å². The molecule has 134 valence electrons. The molecule has 24 heavy (non-hydrogen) atoms. The first-order valence-corrected chi connectivity index (χ1v) is 8.58. The molecule has 0 bridgehead atoms. The molecular formula is C18H29N3O3. The summed E-state index contributed by atoms with van der Waals surface area (Å²) in [5, 5.41) is 6.54. The van der Waals surface area contributed by atoms with Gasteiger partial charge < -0.3 is 24.8 Å². The second-order valence-electron chi connectivity index (χ2n) is 6.05. The number of rotatable bonds is 8. The molecule has 1 fully saturated rings. The first-order chi connectivity index (χ1) is 11.6. The standard InChI is InChI=1S/C18H29N3O3/c1-4-19-17(21-14-18(2)9-6-11-24-18)20-10-12-23-16-8-5-7-15(13-16)22-3/h5,7-8,13H,4,6,9-12,14H2,1-3H3,(H2,19,20,21). The molecule has 1 heterocycles. The minimum absolute atomic E-state index is 0.126. The van der Waals surface area contributed by atoms with E-state index in [4.69, 9.17) is 14.2 Å². The van der Waals surface area contributed by atoms with Gasteiger partial charge in [-0.05, 0) is 38.8 Å². The summed E-state index contributed by atoms with van der Waals surface area (Å²) in [6.07, 6.45) is 2.18. The van der Waals surface area contributed by atoms with Crippen molar-refractivity contribution in [2.24, 2.45) is 4.99 Å². The molecular weight excluding hydrogens is 306 g/mol. The third kappa shape index (κ3) is 5.92. The Morgan fingerprint density at radius 2 is 2.17 bits per heavy atom. The van der Waals surface area contributed by atoms with Crippen molar-refractivity contribution in [2.45, 2.75) is 32.3 Å². The average molecular weight is 335 g/mol. The minimum atomic E-state index is -0.126. The van der Waals surface area contributed by atoms with Crippen LogP contribution in [0.3, 0.4) is 0 Å². The van der Waals surface area contributed by atoms with Crippen LogP contribution in [0.5, 0.6) is 11.5 Å². The lowest BCUT2D eigenvalue weighted by atomic mass is 10.0. The number of nitrogens with one attached hydrogen (secondary N) is 2. The van der Waals surface area contributed by atoms with Gasteiger partial charge in [-0.1, -0.05) is 6.07 Å². The van der Waals surface area contributed by atoms with Crippen molar-refractivity contribution in [1.29, 1.82) is 0 Å². The Balaban J connectivity index is 1.76. The normalized spacial score (nSPS) is 20.7. The molecule has 0 saturated carbocycles. The molecule has 6 heteroatoms. The van der Waals surface area contributed by atoms with Crippen LogP contribution in [-0.4, -0.2) is 51.5 Å². The van der Waals surface area contributed by atoms with E-state index in [1.54, 1.807) is 7.11 Å². The molecule has 6 nitrogen and oxygen atoms in total. The van der Waals surface area contributed by atoms with E-state index < -0.39 is 0 Å². The zero-order valence-corrected chi connectivity index (χ0v) is 14.9. The largest absolute Gasteiger partial charge is 0.497 e. The summed E-state index contributed by atoms with van der Waals surface area (Å²) in [5.74, 6) is 2.38. The predicted molar refractivity (Wildman–Crippen MR) is 96.1 cm³/mol. The molecule has 2 rings (SSSR count). The Hall–Kier alpha value is -1.95. The molecule has 0 amide bonds. The van der Waals surface area contributed by atoms with Gasteiger partial charge in [0.25, 0.3) is 0 Å². The maximum absolute atomic E-state index is 5.78. The van der Waals surface area contributed by atoms with Crippen LogP contribution in [0.2, 0.25) is 0 Å². The maximum atomic E-state index is 5.78. The smallest absolute Gasteiger partial charge is 0.191 e. The second kappa shape index (κ2) is 9.37. The van der Waals surface area contributed by atoms with E-state index in [2.05, 4.69) is 29.5 Å². The summed E-state index contributed by atoms with van der Waals surface area (Å²) in [5.41, 5.74) is -0.126. The van der Waals surface area contributed by atoms with Crippen LogP contribution in [0.25, 0.3) is 0 Å². The lowest BCUT2D eigenvalue weighted by Gasteiger charge is -2.21. The number of methoxy groups -OCH3 is 1. The number of ether oxygens (including phenoxy) is 3. The van der Waals surface area contributed by atoms with Crippen molar-refractivity contribution < 1.29 is 14.2 Å². The van der Waals surface area contributed by atoms with Gasteiger partial charge in [0.1, 0.15) is 18.1 Å². The summed E-state index contributed by atoms with van der Waals surface area (Å²) < 4.78 is 16.7. The molecule has 0 spiro atoms. The van der Waals surface area contributed by atoms with Gasteiger partial charge >= 0.3 is 0 Å². The highest BCUT2D eigenvalue weighted by Crippen LogP contribution is 2.25. The molecule has 1 aromatic carbocycles. The predicted octanol–water partition coefficient (Wildman–Crippen LogP) is 2.20. The summed E-state index contributed by atoms with van der Waals surface area (Å²) in [6, 6.07) is 7.60. The van der Waals surface area contributed by atoms with Crippen LogP contribution >= 0.6 is 0 Å². The van der Waals surface area contributed by atoms with Gasteiger partial charge in [-0.2, -0.15) is 0 Å². The van der Waals surface area contributed by atoms with Crippen LogP contribution < -0.4 is 20.1 Å². The highest BCUT2D eigenvalue weighted by Gasteiger charge is 2.29. The lowest BCUT2D eigenvalue weighted by molar-refractivity contribution is 0.0283. The summed E-state index contributed by atoms with van der Waals surface area (Å²) in [7, 11) is 1.65. The first-order valence-electron chi connectivity index (χ1n) is 8.58. The maximum Gasteiger partial charge on any atom is 0.191 e. The first kappa shape index (κ1) is 18.4. The van der Waals surface area contributed by atoms with Crippen LogP contribution in [0.1, 0.15) is 26.7 Å². The number of aliphatic imine (C=N–C) groups is 1. The fraction of sp³-hybridized carbons (Fsp3) is 0.611. The minimum Gasteiger partial charge on any atom is -0.497 e. The molecule has 1 aliphatic rings. The summed E-state index contributed by atoms with van der Waals surface area (Å²) in [6.45, 7) is 7.71. The van der Waals surface area contributed by atoms with Crippen LogP contribution in [0, 0.1) is 0 Å². The Kier molecular flexibility index (Phi) is 7.18. The molecule has 0 aliphatic carbocycles. The monoisotopic (exact) mass is 335 g/mol. The van der Waals surface area contributed by atoms with Gasteiger partial charge in [0, 0.05) is 19.2 Å². The fourth-order valence-corrected chi connectivity index (χ4v) is 2.58. The van der Waals surface area contributed by atoms with Crippen LogP contribution in [-0.2, 0) is 4.74 Å². The van der Waals surface area contributed by atoms with Crippen molar-refractivity contribution >= 4 is 5.96 Å². The van der Waals surface area contributed by atoms with Gasteiger partial charge in [0.2, 0.25) is 0 Å². The Morgan fingerprint density at radius 1 is 1.33 bits per heavy atom. The second-order valence-corrected chi connectivity index (χ2v) is 6.05. The van der Waals surface area contributed by atoms with Crippen molar-refractivity contribution in [3.8, 4) is 11.5 Å². The summed E-state index contributed by atoms with van der Waals surface area (Å²) >= 11 is 0. The van der Waals surface area contributed by atoms with E-state index in [0.29, 0.717) is 19.7 Å². The lowest BCUT2D eigenvalue weighted by Crippen LogP contribution is -2.40. The number of benzene rings is 1. The molecule has 2 N–H and O–H groups in total. The zero-order valence-electron chi connectivity index (χ0n) is 14.9. The topological polar surface area (TPSA) is 64.1 Å². The number of nitrogens with zero attached hydrogens (tertiary/aromatic N) is 1. The third-order valence-electron chi connectivity index (χ3n) is 3.92. The number of guanidine groups is 1. The van der Waals surface area contributed by atoms with Gasteiger partial charge in [0.15, 0.2) is 5.96 Å². The number of hydrogen-bond donors (Lipinski definition) is 2. The SMILES string of the molecule is CCNC(=NCC1(C)CCCO1)NCCOc1cccc(OC)c1. The average Bonchev–Trinajstić information content (AvgIpc) is 3.03. The van der Waals surface area contributed by atoms with E-state index in [0.717, 1.165) is 43.5 Å². The fourth-order valence-electron chi connectivity index (χ4n) is 2.58. The zero-order chi connectivity index (χ0) is 17.3.